The normalized spacial score (nSPS) is 12.3. The molecule has 0 unspecified atom stereocenters. The number of Topliss-reactive ketones (excluding diaryl/α,β-unsaturated/α-hetero) is 1. The third-order valence-electron chi connectivity index (χ3n) is 6.53. The molecular weight excluding hydrogens is 524 g/mol. The maximum atomic E-state index is 14.1. The second-order valence-corrected chi connectivity index (χ2v) is 11.1. The molecule has 8 heteroatoms. The third kappa shape index (κ3) is 4.37. The van der Waals surface area contributed by atoms with E-state index in [2.05, 4.69) is 18.2 Å². The lowest BCUT2D eigenvalue weighted by Gasteiger charge is -2.16. The molecule has 2 aromatic heterocycles. The van der Waals surface area contributed by atoms with E-state index in [0.29, 0.717) is 37.4 Å². The smallest absolute Gasteiger partial charge is 0.267 e. The molecule has 0 N–H and O–H groups in total. The highest BCUT2D eigenvalue weighted by atomic mass is 35.5. The zero-order valence-corrected chi connectivity index (χ0v) is 22.3. The zero-order chi connectivity index (χ0) is 25.5. The van der Waals surface area contributed by atoms with E-state index in [1.54, 1.807) is 47.3 Å². The number of thioether (sulfide) groups is 1. The van der Waals surface area contributed by atoms with Gasteiger partial charge in [-0.2, -0.15) is 0 Å². The summed E-state index contributed by atoms with van der Waals surface area (Å²) in [6.45, 7) is 0. The standard InChI is InChI=1S/C29H21ClN2O3S2/c1-35-21-13-11-20(12-14-21)32-28(34)25-23-15-8-17-4-2-3-5-22(17)26(23)37-27(25)31-29(32)36-16-24(33)18-6-9-19(30)10-7-18/h2-7,9-14H,8,15-16H2,1H3. The minimum Gasteiger partial charge on any atom is -0.497 e. The number of ether oxygens (including phenoxy) is 1. The molecule has 0 atom stereocenters. The van der Waals surface area contributed by atoms with Gasteiger partial charge in [0.1, 0.15) is 10.6 Å². The van der Waals surface area contributed by atoms with Crippen LogP contribution in [0.2, 0.25) is 5.02 Å². The van der Waals surface area contributed by atoms with E-state index in [1.807, 2.05) is 30.3 Å². The first kappa shape index (κ1) is 24.0. The number of halogens is 1. The number of rotatable bonds is 6. The molecule has 0 fully saturated rings. The van der Waals surface area contributed by atoms with Gasteiger partial charge in [0.25, 0.3) is 5.56 Å². The summed E-state index contributed by atoms with van der Waals surface area (Å²) in [6, 6.07) is 22.5. The van der Waals surface area contributed by atoms with Crippen molar-refractivity contribution in [3.05, 3.63) is 105 Å². The minimum absolute atomic E-state index is 0.0586. The van der Waals surface area contributed by atoms with Crippen LogP contribution in [-0.4, -0.2) is 28.2 Å². The fourth-order valence-electron chi connectivity index (χ4n) is 4.67. The average molecular weight is 545 g/mol. The highest BCUT2D eigenvalue weighted by molar-refractivity contribution is 7.99. The number of methoxy groups -OCH3 is 1. The number of aryl methyl sites for hydroxylation is 2. The number of thiophene rings is 1. The number of aromatic nitrogens is 2. The summed E-state index contributed by atoms with van der Waals surface area (Å²) in [5, 5.41) is 1.73. The van der Waals surface area contributed by atoms with Crippen LogP contribution >= 0.6 is 34.7 Å². The Labute approximate surface area is 226 Å². The first-order valence-electron chi connectivity index (χ1n) is 11.8. The Balaban J connectivity index is 1.48. The Morgan fingerprint density at radius 1 is 1.05 bits per heavy atom. The lowest BCUT2D eigenvalue weighted by molar-refractivity contribution is 0.102. The number of nitrogens with zero attached hydrogens (tertiary/aromatic N) is 2. The van der Waals surface area contributed by atoms with Gasteiger partial charge in [-0.3, -0.25) is 14.2 Å². The summed E-state index contributed by atoms with van der Waals surface area (Å²) in [4.78, 5) is 33.8. The van der Waals surface area contributed by atoms with Crippen molar-refractivity contribution >= 4 is 50.7 Å². The number of ketones is 1. The van der Waals surface area contributed by atoms with Crippen LogP contribution in [0.25, 0.3) is 26.3 Å². The van der Waals surface area contributed by atoms with Crippen molar-refractivity contribution in [2.24, 2.45) is 0 Å². The molecule has 0 saturated heterocycles. The van der Waals surface area contributed by atoms with Crippen LogP contribution in [0.5, 0.6) is 5.75 Å². The fraction of sp³-hybridized carbons (Fsp3) is 0.138. The Bertz CT molecular complexity index is 1710. The number of fused-ring (bicyclic) bond motifs is 5. The quantitative estimate of drug-likeness (QED) is 0.133. The first-order chi connectivity index (χ1) is 18.0. The first-order valence-corrected chi connectivity index (χ1v) is 13.9. The molecule has 6 rings (SSSR count). The largest absolute Gasteiger partial charge is 0.497 e. The van der Waals surface area contributed by atoms with Crippen molar-refractivity contribution in [1.82, 2.24) is 9.55 Å². The van der Waals surface area contributed by atoms with Crippen LogP contribution in [0.1, 0.15) is 21.5 Å². The molecule has 1 aliphatic carbocycles. The summed E-state index contributed by atoms with van der Waals surface area (Å²) in [5.41, 5.74) is 4.66. The van der Waals surface area contributed by atoms with E-state index in [-0.39, 0.29) is 17.1 Å². The second-order valence-electron chi connectivity index (χ2n) is 8.70. The van der Waals surface area contributed by atoms with Crippen molar-refractivity contribution in [2.45, 2.75) is 18.0 Å². The van der Waals surface area contributed by atoms with Gasteiger partial charge in [0.05, 0.1) is 23.9 Å². The number of hydrogen-bond acceptors (Lipinski definition) is 6. The van der Waals surface area contributed by atoms with Crippen LogP contribution in [0.15, 0.2) is 82.7 Å². The predicted molar refractivity (Wildman–Crippen MR) is 151 cm³/mol. The minimum atomic E-state index is -0.117. The molecule has 5 aromatic rings. The van der Waals surface area contributed by atoms with Crippen molar-refractivity contribution in [1.29, 1.82) is 0 Å². The molecule has 5 nitrogen and oxygen atoms in total. The van der Waals surface area contributed by atoms with E-state index >= 15 is 0 Å². The Hall–Kier alpha value is -3.39. The van der Waals surface area contributed by atoms with Crippen molar-refractivity contribution in [3.63, 3.8) is 0 Å². The van der Waals surface area contributed by atoms with Crippen LogP contribution < -0.4 is 10.3 Å². The van der Waals surface area contributed by atoms with E-state index < -0.39 is 0 Å². The van der Waals surface area contributed by atoms with Gasteiger partial charge in [-0.05, 0) is 78.1 Å². The lowest BCUT2D eigenvalue weighted by atomic mass is 9.90. The van der Waals surface area contributed by atoms with Crippen LogP contribution in [0, 0.1) is 0 Å². The zero-order valence-electron chi connectivity index (χ0n) is 19.9. The maximum absolute atomic E-state index is 14.1. The van der Waals surface area contributed by atoms with Gasteiger partial charge >= 0.3 is 0 Å². The molecule has 0 spiro atoms. The van der Waals surface area contributed by atoms with E-state index in [4.69, 9.17) is 21.3 Å². The molecule has 0 aliphatic heterocycles. The molecule has 1 aliphatic rings. The Kier molecular flexibility index (Phi) is 6.36. The third-order valence-corrected chi connectivity index (χ3v) is 8.88. The van der Waals surface area contributed by atoms with Gasteiger partial charge in [0, 0.05) is 15.5 Å². The highest BCUT2D eigenvalue weighted by Crippen LogP contribution is 2.42. The summed E-state index contributed by atoms with van der Waals surface area (Å²) in [7, 11) is 1.61. The fourth-order valence-corrected chi connectivity index (χ4v) is 7.03. The topological polar surface area (TPSA) is 61.2 Å². The number of carbonyl (C=O) groups excluding carboxylic acids is 1. The Morgan fingerprint density at radius 3 is 2.57 bits per heavy atom. The number of hydrogen-bond donors (Lipinski definition) is 0. The summed E-state index contributed by atoms with van der Waals surface area (Å²) in [6.07, 6.45) is 1.69. The number of carbonyl (C=O) groups is 1. The number of benzene rings is 3. The molecule has 0 saturated carbocycles. The summed E-state index contributed by atoms with van der Waals surface area (Å²) < 4.78 is 6.93. The molecule has 37 heavy (non-hydrogen) atoms. The van der Waals surface area contributed by atoms with Gasteiger partial charge in [0.2, 0.25) is 0 Å². The van der Waals surface area contributed by atoms with Crippen LogP contribution in [0.3, 0.4) is 0 Å². The molecule has 0 bridgehead atoms. The van der Waals surface area contributed by atoms with Gasteiger partial charge in [-0.1, -0.05) is 47.6 Å². The average Bonchev–Trinajstić information content (AvgIpc) is 3.31. The van der Waals surface area contributed by atoms with Crippen molar-refractivity contribution in [2.75, 3.05) is 12.9 Å². The molecule has 184 valence electrons. The SMILES string of the molecule is COc1ccc(-n2c(SCC(=O)c3ccc(Cl)cc3)nc3sc4c(c3c2=O)CCc2ccccc2-4)cc1. The molecule has 3 aromatic carbocycles. The molecular formula is C29H21ClN2O3S2. The van der Waals surface area contributed by atoms with Gasteiger partial charge in [-0.25, -0.2) is 4.98 Å². The summed E-state index contributed by atoms with van der Waals surface area (Å²) >= 11 is 8.79. The second kappa shape index (κ2) is 9.82. The highest BCUT2D eigenvalue weighted by Gasteiger charge is 2.26. The van der Waals surface area contributed by atoms with Gasteiger partial charge in [0.15, 0.2) is 10.9 Å². The monoisotopic (exact) mass is 544 g/mol. The van der Waals surface area contributed by atoms with Crippen molar-refractivity contribution < 1.29 is 9.53 Å². The van der Waals surface area contributed by atoms with Crippen molar-refractivity contribution in [3.8, 4) is 21.9 Å². The van der Waals surface area contributed by atoms with E-state index in [0.717, 1.165) is 23.3 Å². The van der Waals surface area contributed by atoms with Gasteiger partial charge in [-0.15, -0.1) is 11.3 Å². The maximum Gasteiger partial charge on any atom is 0.267 e. The Morgan fingerprint density at radius 2 is 1.81 bits per heavy atom. The van der Waals surface area contributed by atoms with Gasteiger partial charge < -0.3 is 4.74 Å². The summed E-state index contributed by atoms with van der Waals surface area (Å²) in [5.74, 6) is 0.781. The van der Waals surface area contributed by atoms with E-state index in [1.165, 1.54) is 22.9 Å². The molecule has 0 radical (unpaired) electrons. The van der Waals surface area contributed by atoms with Crippen LogP contribution in [0.4, 0.5) is 0 Å². The molecule has 0 amide bonds. The lowest BCUT2D eigenvalue weighted by Crippen LogP contribution is -2.22. The predicted octanol–water partition coefficient (Wildman–Crippen LogP) is 6.85. The molecule has 2 heterocycles. The van der Waals surface area contributed by atoms with E-state index in [9.17, 15) is 9.59 Å². The van der Waals surface area contributed by atoms with Crippen LogP contribution in [-0.2, 0) is 12.8 Å².